The van der Waals surface area contributed by atoms with E-state index >= 15 is 0 Å². The quantitative estimate of drug-likeness (QED) is 0.896. The zero-order valence-corrected chi connectivity index (χ0v) is 14.2. The number of amides is 1. The van der Waals surface area contributed by atoms with Gasteiger partial charge in [0.15, 0.2) is 0 Å². The first-order chi connectivity index (χ1) is 11.8. The molecule has 7 heteroatoms. The van der Waals surface area contributed by atoms with E-state index in [0.29, 0.717) is 12.2 Å². The third kappa shape index (κ3) is 3.63. The highest BCUT2D eigenvalue weighted by Crippen LogP contribution is 2.28. The molecular formula is C17H20N4O2S. The molecule has 1 aliphatic heterocycles. The van der Waals surface area contributed by atoms with Crippen LogP contribution < -0.4 is 5.32 Å². The summed E-state index contributed by atoms with van der Waals surface area (Å²) >= 11 is 1.43. The maximum atomic E-state index is 12.3. The second-order valence-electron chi connectivity index (χ2n) is 6.18. The molecule has 1 saturated heterocycles. The third-order valence-corrected chi connectivity index (χ3v) is 5.21. The predicted octanol–water partition coefficient (Wildman–Crippen LogP) is 1.80. The fraction of sp³-hybridized carbons (Fsp3) is 0.471. The Hall–Kier alpha value is -1.83. The van der Waals surface area contributed by atoms with Crippen LogP contribution in [0.1, 0.15) is 23.3 Å². The van der Waals surface area contributed by atoms with Gasteiger partial charge in [-0.2, -0.15) is 0 Å². The van der Waals surface area contributed by atoms with Crippen molar-refractivity contribution in [2.45, 2.75) is 25.0 Å². The van der Waals surface area contributed by atoms with Crippen molar-refractivity contribution in [3.63, 3.8) is 0 Å². The molecule has 0 aromatic carbocycles. The van der Waals surface area contributed by atoms with Crippen LogP contribution in [0.3, 0.4) is 0 Å². The van der Waals surface area contributed by atoms with Crippen LogP contribution >= 0.6 is 11.3 Å². The van der Waals surface area contributed by atoms with Gasteiger partial charge in [0.1, 0.15) is 10.7 Å². The molecule has 2 aliphatic rings. The van der Waals surface area contributed by atoms with Crippen LogP contribution in [0, 0.1) is 0 Å². The molecule has 0 spiro atoms. The van der Waals surface area contributed by atoms with Gasteiger partial charge < -0.3 is 10.1 Å². The average Bonchev–Trinajstić information content (AvgIpc) is 3.37. The third-order valence-electron chi connectivity index (χ3n) is 4.34. The van der Waals surface area contributed by atoms with Gasteiger partial charge in [-0.3, -0.25) is 14.7 Å². The number of ether oxygens (including phenoxy) is 1. The van der Waals surface area contributed by atoms with Gasteiger partial charge in [-0.15, -0.1) is 11.3 Å². The zero-order chi connectivity index (χ0) is 16.4. The lowest BCUT2D eigenvalue weighted by molar-refractivity contribution is -0.0293. The predicted molar refractivity (Wildman–Crippen MR) is 92.0 cm³/mol. The summed E-state index contributed by atoms with van der Waals surface area (Å²) in [5, 5.41) is 5.48. The number of rotatable bonds is 5. The Balaban J connectivity index is 1.32. The number of hydrogen-bond acceptors (Lipinski definition) is 6. The van der Waals surface area contributed by atoms with Crippen molar-refractivity contribution in [2.75, 3.05) is 26.2 Å². The number of hydrogen-bond donors (Lipinski definition) is 1. The number of carbonyl (C=O) groups is 1. The Labute approximate surface area is 144 Å². The number of aromatic nitrogens is 2. The molecule has 126 valence electrons. The molecule has 1 amide bonds. The van der Waals surface area contributed by atoms with Gasteiger partial charge in [-0.05, 0) is 25.0 Å². The Morgan fingerprint density at radius 3 is 3.12 bits per heavy atom. The average molecular weight is 344 g/mol. The van der Waals surface area contributed by atoms with Crippen molar-refractivity contribution in [3.05, 3.63) is 35.5 Å². The number of carbonyl (C=O) groups excluding carboxylic acids is 1. The second-order valence-corrected chi connectivity index (χ2v) is 7.04. The number of nitrogens with one attached hydrogen (secondary N) is 1. The fourth-order valence-electron chi connectivity index (χ4n) is 2.92. The van der Waals surface area contributed by atoms with Crippen molar-refractivity contribution in [1.82, 2.24) is 20.2 Å². The molecule has 2 aromatic heterocycles. The van der Waals surface area contributed by atoms with Crippen LogP contribution in [-0.4, -0.2) is 59.2 Å². The summed E-state index contributed by atoms with van der Waals surface area (Å²) in [7, 11) is 0. The molecular weight excluding hydrogens is 324 g/mol. The largest absolute Gasteiger partial charge is 0.374 e. The van der Waals surface area contributed by atoms with E-state index in [0.717, 1.165) is 36.4 Å². The number of nitrogens with zero attached hydrogens (tertiary/aromatic N) is 3. The van der Waals surface area contributed by atoms with E-state index in [9.17, 15) is 4.79 Å². The van der Waals surface area contributed by atoms with E-state index in [1.54, 1.807) is 11.6 Å². The molecule has 4 rings (SSSR count). The normalized spacial score (nSPS) is 21.6. The Kier molecular flexibility index (Phi) is 4.55. The molecule has 1 saturated carbocycles. The van der Waals surface area contributed by atoms with E-state index in [1.165, 1.54) is 24.2 Å². The van der Waals surface area contributed by atoms with Crippen LogP contribution in [0.15, 0.2) is 29.8 Å². The SMILES string of the molecule is O=C(NCC1CN(C2CC2)CCO1)c1csc(-c2ccccn2)n1. The first-order valence-electron chi connectivity index (χ1n) is 8.30. The van der Waals surface area contributed by atoms with E-state index < -0.39 is 0 Å². The standard InChI is InChI=1S/C17H20N4O2S/c22-16(15-11-24-17(20-15)14-3-1-2-6-18-14)19-9-13-10-21(7-8-23-13)12-4-5-12/h1-3,6,11-13H,4-5,7-10H2,(H,19,22). The second kappa shape index (κ2) is 6.96. The van der Waals surface area contributed by atoms with Crippen molar-refractivity contribution in [2.24, 2.45) is 0 Å². The molecule has 1 unspecified atom stereocenters. The molecule has 0 radical (unpaired) electrons. The highest BCUT2D eigenvalue weighted by Gasteiger charge is 2.33. The monoisotopic (exact) mass is 344 g/mol. The van der Waals surface area contributed by atoms with Crippen LogP contribution in [0.5, 0.6) is 0 Å². The molecule has 1 atom stereocenters. The number of morpholine rings is 1. The molecule has 1 aliphatic carbocycles. The molecule has 1 N–H and O–H groups in total. The lowest BCUT2D eigenvalue weighted by atomic mass is 10.2. The molecule has 3 heterocycles. The van der Waals surface area contributed by atoms with Gasteiger partial charge in [0.2, 0.25) is 0 Å². The highest BCUT2D eigenvalue weighted by molar-refractivity contribution is 7.13. The van der Waals surface area contributed by atoms with Crippen LogP contribution in [-0.2, 0) is 4.74 Å². The van der Waals surface area contributed by atoms with E-state index in [1.807, 2.05) is 18.2 Å². The van der Waals surface area contributed by atoms with Crippen molar-refractivity contribution < 1.29 is 9.53 Å². The lowest BCUT2D eigenvalue weighted by Crippen LogP contribution is -2.48. The van der Waals surface area contributed by atoms with Gasteiger partial charge >= 0.3 is 0 Å². The van der Waals surface area contributed by atoms with Crippen LogP contribution in [0.4, 0.5) is 0 Å². The zero-order valence-electron chi connectivity index (χ0n) is 13.4. The lowest BCUT2D eigenvalue weighted by Gasteiger charge is -2.32. The summed E-state index contributed by atoms with van der Waals surface area (Å²) in [6.45, 7) is 3.19. The highest BCUT2D eigenvalue weighted by atomic mass is 32.1. The first kappa shape index (κ1) is 15.7. The summed E-state index contributed by atoms with van der Waals surface area (Å²) in [5.74, 6) is -0.152. The van der Waals surface area contributed by atoms with Crippen molar-refractivity contribution in [1.29, 1.82) is 0 Å². The van der Waals surface area contributed by atoms with Gasteiger partial charge in [-0.25, -0.2) is 4.98 Å². The summed E-state index contributed by atoms with van der Waals surface area (Å²) in [4.78, 5) is 23.4. The Morgan fingerprint density at radius 1 is 1.42 bits per heavy atom. The van der Waals surface area contributed by atoms with Gasteiger partial charge in [0.05, 0.1) is 18.4 Å². The number of thiazole rings is 1. The van der Waals surface area contributed by atoms with Crippen molar-refractivity contribution in [3.8, 4) is 10.7 Å². The minimum atomic E-state index is -0.152. The summed E-state index contributed by atoms with van der Waals surface area (Å²) < 4.78 is 5.76. The summed E-state index contributed by atoms with van der Waals surface area (Å²) in [6.07, 6.45) is 4.39. The Bertz CT molecular complexity index is 702. The minimum absolute atomic E-state index is 0.0668. The molecule has 6 nitrogen and oxygen atoms in total. The summed E-state index contributed by atoms with van der Waals surface area (Å²) in [6, 6.07) is 6.41. The summed E-state index contributed by atoms with van der Waals surface area (Å²) in [5.41, 5.74) is 1.23. The smallest absolute Gasteiger partial charge is 0.270 e. The maximum absolute atomic E-state index is 12.3. The van der Waals surface area contributed by atoms with Gasteiger partial charge in [-0.1, -0.05) is 6.07 Å². The van der Waals surface area contributed by atoms with E-state index in [2.05, 4.69) is 20.2 Å². The number of pyridine rings is 1. The molecule has 0 bridgehead atoms. The topological polar surface area (TPSA) is 67.4 Å². The van der Waals surface area contributed by atoms with E-state index in [-0.39, 0.29) is 12.0 Å². The molecule has 2 fully saturated rings. The fourth-order valence-corrected chi connectivity index (χ4v) is 3.69. The maximum Gasteiger partial charge on any atom is 0.270 e. The molecule has 2 aromatic rings. The first-order valence-corrected chi connectivity index (χ1v) is 9.18. The van der Waals surface area contributed by atoms with Crippen molar-refractivity contribution >= 4 is 17.2 Å². The minimum Gasteiger partial charge on any atom is -0.374 e. The van der Waals surface area contributed by atoms with Crippen LogP contribution in [0.2, 0.25) is 0 Å². The van der Waals surface area contributed by atoms with Gasteiger partial charge in [0, 0.05) is 37.3 Å². The van der Waals surface area contributed by atoms with Gasteiger partial charge in [0.25, 0.3) is 5.91 Å². The Morgan fingerprint density at radius 2 is 2.33 bits per heavy atom. The van der Waals surface area contributed by atoms with E-state index in [4.69, 9.17) is 4.74 Å². The van der Waals surface area contributed by atoms with Crippen LogP contribution in [0.25, 0.3) is 10.7 Å². The molecule has 24 heavy (non-hydrogen) atoms.